The Morgan fingerprint density at radius 1 is 1.35 bits per heavy atom. The second-order valence-electron chi connectivity index (χ2n) is 5.42. The van der Waals surface area contributed by atoms with E-state index >= 15 is 0 Å². The average molecular weight is 240 g/mol. The second-order valence-corrected chi connectivity index (χ2v) is 5.42. The first-order chi connectivity index (χ1) is 8.24. The molecular formula is C14H24O3. The van der Waals surface area contributed by atoms with Crippen LogP contribution >= 0.6 is 0 Å². The molecule has 0 amide bonds. The van der Waals surface area contributed by atoms with Crippen molar-refractivity contribution < 1.29 is 14.3 Å². The molecule has 0 N–H and O–H groups in total. The molecule has 1 aliphatic carbocycles. The third-order valence-corrected chi connectivity index (χ3v) is 4.07. The summed E-state index contributed by atoms with van der Waals surface area (Å²) < 4.78 is 10.9. The molecule has 17 heavy (non-hydrogen) atoms. The molecule has 2 fully saturated rings. The first-order valence-corrected chi connectivity index (χ1v) is 7.06. The molecule has 0 aromatic rings. The molecule has 1 heterocycles. The molecule has 3 nitrogen and oxygen atoms in total. The van der Waals surface area contributed by atoms with E-state index in [9.17, 15) is 4.79 Å². The van der Waals surface area contributed by atoms with Gasteiger partial charge in [-0.15, -0.1) is 0 Å². The van der Waals surface area contributed by atoms with Crippen LogP contribution in [0.25, 0.3) is 0 Å². The van der Waals surface area contributed by atoms with Gasteiger partial charge in [0.15, 0.2) is 0 Å². The van der Waals surface area contributed by atoms with Crippen molar-refractivity contribution in [3.05, 3.63) is 0 Å². The number of carbonyl (C=O) groups is 1. The Kier molecular flexibility index (Phi) is 4.43. The Balaban J connectivity index is 1.68. The molecule has 1 saturated heterocycles. The van der Waals surface area contributed by atoms with Crippen molar-refractivity contribution in [2.75, 3.05) is 6.61 Å². The molecule has 0 aromatic heterocycles. The molecule has 0 spiro atoms. The van der Waals surface area contributed by atoms with Gasteiger partial charge in [-0.2, -0.15) is 0 Å². The highest BCUT2D eigenvalue weighted by atomic mass is 16.6. The van der Waals surface area contributed by atoms with Gasteiger partial charge in [-0.05, 0) is 31.6 Å². The molecule has 2 rings (SSSR count). The molecule has 2 aliphatic rings. The highest BCUT2D eigenvalue weighted by Gasteiger charge is 2.46. The van der Waals surface area contributed by atoms with E-state index in [1.807, 2.05) is 0 Å². The summed E-state index contributed by atoms with van der Waals surface area (Å²) in [6.45, 7) is 4.95. The summed E-state index contributed by atoms with van der Waals surface area (Å²) in [6, 6.07) is 0. The molecule has 0 radical (unpaired) electrons. The predicted molar refractivity (Wildman–Crippen MR) is 65.7 cm³/mol. The lowest BCUT2D eigenvalue weighted by Gasteiger charge is -2.20. The summed E-state index contributed by atoms with van der Waals surface area (Å²) in [5.74, 6) is 0.642. The molecule has 0 bridgehead atoms. The van der Waals surface area contributed by atoms with Crippen LogP contribution in [0.15, 0.2) is 0 Å². The molecule has 4 atom stereocenters. The number of esters is 1. The summed E-state index contributed by atoms with van der Waals surface area (Å²) in [6.07, 6.45) is 7.11. The Morgan fingerprint density at radius 3 is 2.82 bits per heavy atom. The Bertz CT molecular complexity index is 264. The summed E-state index contributed by atoms with van der Waals surface area (Å²) in [7, 11) is 0. The lowest BCUT2D eigenvalue weighted by molar-refractivity contribution is -0.151. The molecule has 98 valence electrons. The number of hydrogen-bond acceptors (Lipinski definition) is 3. The van der Waals surface area contributed by atoms with Gasteiger partial charge in [0.2, 0.25) is 0 Å². The van der Waals surface area contributed by atoms with E-state index in [1.54, 1.807) is 0 Å². The van der Waals surface area contributed by atoms with Gasteiger partial charge in [-0.25, -0.2) is 0 Å². The molecule has 4 unspecified atom stereocenters. The predicted octanol–water partition coefficient (Wildman–Crippen LogP) is 2.92. The molecule has 1 aliphatic heterocycles. The zero-order valence-corrected chi connectivity index (χ0v) is 11.0. The summed E-state index contributed by atoms with van der Waals surface area (Å²) in [5, 5.41) is 0. The monoisotopic (exact) mass is 240 g/mol. The number of carbonyl (C=O) groups excluding carboxylic acids is 1. The number of ether oxygens (including phenoxy) is 2. The van der Waals surface area contributed by atoms with E-state index in [0.717, 1.165) is 38.5 Å². The van der Waals surface area contributed by atoms with Crippen LogP contribution in [0.4, 0.5) is 0 Å². The van der Waals surface area contributed by atoms with Crippen LogP contribution in [0.2, 0.25) is 0 Å². The minimum Gasteiger partial charge on any atom is -0.465 e. The first-order valence-electron chi connectivity index (χ1n) is 7.06. The van der Waals surface area contributed by atoms with Crippen LogP contribution < -0.4 is 0 Å². The van der Waals surface area contributed by atoms with Crippen LogP contribution in [-0.2, 0) is 14.3 Å². The number of epoxide rings is 1. The van der Waals surface area contributed by atoms with Gasteiger partial charge in [0, 0.05) is 0 Å². The van der Waals surface area contributed by atoms with Crippen molar-refractivity contribution in [2.45, 2.75) is 64.6 Å². The van der Waals surface area contributed by atoms with Gasteiger partial charge in [-0.3, -0.25) is 4.79 Å². The van der Waals surface area contributed by atoms with E-state index in [0.29, 0.717) is 24.7 Å². The number of rotatable bonds is 6. The second kappa shape index (κ2) is 5.85. The minimum absolute atomic E-state index is 0.00787. The van der Waals surface area contributed by atoms with Crippen LogP contribution in [0.3, 0.4) is 0 Å². The standard InChI is InChI=1S/C14H24O3/c1-3-5-10(4-2)9-16-14(15)11-6-7-12-13(8-11)17-12/h10-13H,3-9H2,1-2H3. The van der Waals surface area contributed by atoms with Crippen molar-refractivity contribution >= 4 is 5.97 Å². The Morgan fingerprint density at radius 2 is 2.18 bits per heavy atom. The minimum atomic E-state index is 0.00787. The fraction of sp³-hybridized carbons (Fsp3) is 0.929. The van der Waals surface area contributed by atoms with Gasteiger partial charge in [0.1, 0.15) is 0 Å². The maximum absolute atomic E-state index is 11.9. The van der Waals surface area contributed by atoms with Crippen LogP contribution in [0.1, 0.15) is 52.4 Å². The lowest BCUT2D eigenvalue weighted by atomic mass is 9.89. The van der Waals surface area contributed by atoms with Gasteiger partial charge >= 0.3 is 5.97 Å². The van der Waals surface area contributed by atoms with E-state index in [4.69, 9.17) is 9.47 Å². The smallest absolute Gasteiger partial charge is 0.309 e. The van der Waals surface area contributed by atoms with Crippen molar-refractivity contribution in [3.8, 4) is 0 Å². The quantitative estimate of drug-likeness (QED) is 0.529. The first kappa shape index (κ1) is 12.9. The highest BCUT2D eigenvalue weighted by Crippen LogP contribution is 2.39. The lowest BCUT2D eigenvalue weighted by Crippen LogP contribution is -2.25. The fourth-order valence-corrected chi connectivity index (χ4v) is 2.75. The third kappa shape index (κ3) is 3.44. The van der Waals surface area contributed by atoms with Crippen molar-refractivity contribution in [2.24, 2.45) is 11.8 Å². The van der Waals surface area contributed by atoms with Crippen molar-refractivity contribution in [1.82, 2.24) is 0 Å². The molecule has 3 heteroatoms. The van der Waals surface area contributed by atoms with E-state index in [-0.39, 0.29) is 11.9 Å². The highest BCUT2D eigenvalue weighted by molar-refractivity contribution is 5.72. The normalized spacial score (nSPS) is 32.7. The van der Waals surface area contributed by atoms with E-state index < -0.39 is 0 Å². The van der Waals surface area contributed by atoms with E-state index in [2.05, 4.69) is 13.8 Å². The third-order valence-electron chi connectivity index (χ3n) is 4.07. The largest absolute Gasteiger partial charge is 0.465 e. The van der Waals surface area contributed by atoms with Gasteiger partial charge < -0.3 is 9.47 Å². The van der Waals surface area contributed by atoms with Gasteiger partial charge in [-0.1, -0.05) is 26.7 Å². The van der Waals surface area contributed by atoms with Gasteiger partial charge in [0.05, 0.1) is 24.7 Å². The summed E-state index contributed by atoms with van der Waals surface area (Å²) in [5.41, 5.74) is 0. The maximum Gasteiger partial charge on any atom is 0.309 e. The summed E-state index contributed by atoms with van der Waals surface area (Å²) >= 11 is 0. The summed E-state index contributed by atoms with van der Waals surface area (Å²) in [4.78, 5) is 11.9. The zero-order valence-electron chi connectivity index (χ0n) is 11.0. The molecule has 1 saturated carbocycles. The number of fused-ring (bicyclic) bond motifs is 1. The Labute approximate surface area is 104 Å². The van der Waals surface area contributed by atoms with Crippen molar-refractivity contribution in [3.63, 3.8) is 0 Å². The molecular weight excluding hydrogens is 216 g/mol. The number of hydrogen-bond donors (Lipinski definition) is 0. The maximum atomic E-state index is 11.9. The van der Waals surface area contributed by atoms with Crippen LogP contribution in [-0.4, -0.2) is 24.8 Å². The zero-order chi connectivity index (χ0) is 12.3. The van der Waals surface area contributed by atoms with E-state index in [1.165, 1.54) is 0 Å². The van der Waals surface area contributed by atoms with Crippen LogP contribution in [0.5, 0.6) is 0 Å². The topological polar surface area (TPSA) is 38.8 Å². The average Bonchev–Trinajstić information content (AvgIpc) is 3.12. The fourth-order valence-electron chi connectivity index (χ4n) is 2.75. The SMILES string of the molecule is CCCC(CC)COC(=O)C1CCC2OC2C1. The Hall–Kier alpha value is -0.570. The van der Waals surface area contributed by atoms with Gasteiger partial charge in [0.25, 0.3) is 0 Å². The van der Waals surface area contributed by atoms with Crippen LogP contribution in [0, 0.1) is 11.8 Å². The molecule has 0 aromatic carbocycles. The van der Waals surface area contributed by atoms with Crippen molar-refractivity contribution in [1.29, 1.82) is 0 Å².